The van der Waals surface area contributed by atoms with Gasteiger partial charge in [-0.25, -0.2) is 4.39 Å². The molecule has 0 fully saturated rings. The zero-order valence-corrected chi connectivity index (χ0v) is 7.34. The van der Waals surface area contributed by atoms with Crippen molar-refractivity contribution in [3.05, 3.63) is 41.0 Å². The minimum atomic E-state index is -0.280. The molecule has 0 aliphatic heterocycles. The van der Waals surface area contributed by atoms with Gasteiger partial charge in [-0.1, -0.05) is 0 Å². The molecular weight excluding hydrogens is 189 g/mol. The van der Waals surface area contributed by atoms with Crippen LogP contribution in [0.25, 0.3) is 0 Å². The molecule has 4 heteroatoms. The van der Waals surface area contributed by atoms with Crippen LogP contribution in [0.3, 0.4) is 0 Å². The molecule has 0 bridgehead atoms. The van der Waals surface area contributed by atoms with Gasteiger partial charge in [-0.2, -0.15) is 4.98 Å². The molecule has 0 atom stereocenters. The fraction of sp³-hybridized carbons (Fsp3) is 0. The van der Waals surface area contributed by atoms with Gasteiger partial charge in [-0.3, -0.25) is 0 Å². The number of hydrogen-bond donors (Lipinski definition) is 0. The third kappa shape index (κ3) is 2.03. The lowest BCUT2D eigenvalue weighted by Gasteiger charge is -2.00. The summed E-state index contributed by atoms with van der Waals surface area (Å²) in [5.74, 6) is 0.773. The van der Waals surface area contributed by atoms with E-state index in [-0.39, 0.29) is 5.82 Å². The fourth-order valence-corrected chi connectivity index (χ4v) is 1.24. The second-order valence-corrected chi connectivity index (χ2v) is 2.99. The Morgan fingerprint density at radius 3 is 2.69 bits per heavy atom. The zero-order chi connectivity index (χ0) is 9.10. The first-order valence-corrected chi connectivity index (χ1v) is 4.47. The van der Waals surface area contributed by atoms with Crippen LogP contribution in [0, 0.1) is 11.3 Å². The van der Waals surface area contributed by atoms with Gasteiger partial charge in [0.15, 0.2) is 5.51 Å². The molecule has 2 aromatic rings. The number of halogens is 1. The third-order valence-corrected chi connectivity index (χ3v) is 1.92. The van der Waals surface area contributed by atoms with E-state index < -0.39 is 0 Å². The molecule has 0 aliphatic rings. The molecule has 2 rings (SSSR count). The lowest BCUT2D eigenvalue weighted by atomic mass is 10.3. The molecule has 0 amide bonds. The van der Waals surface area contributed by atoms with E-state index in [0.717, 1.165) is 0 Å². The highest BCUT2D eigenvalue weighted by Crippen LogP contribution is 2.20. The monoisotopic (exact) mass is 194 g/mol. The van der Waals surface area contributed by atoms with E-state index in [4.69, 9.17) is 4.74 Å². The minimum Gasteiger partial charge on any atom is -0.438 e. The van der Waals surface area contributed by atoms with Crippen LogP contribution in [-0.4, -0.2) is 4.98 Å². The normalized spacial score (nSPS) is 9.92. The van der Waals surface area contributed by atoms with Crippen molar-refractivity contribution in [2.24, 2.45) is 0 Å². The summed E-state index contributed by atoms with van der Waals surface area (Å²) in [6.45, 7) is 0. The number of benzene rings is 1. The topological polar surface area (TPSA) is 22.1 Å². The summed E-state index contributed by atoms with van der Waals surface area (Å²) in [6.07, 6.45) is 0. The van der Waals surface area contributed by atoms with Gasteiger partial charge in [0.05, 0.1) is 5.38 Å². The van der Waals surface area contributed by atoms with Crippen molar-refractivity contribution >= 4 is 11.3 Å². The Morgan fingerprint density at radius 1 is 1.31 bits per heavy atom. The largest absolute Gasteiger partial charge is 0.438 e. The molecule has 0 saturated carbocycles. The Hall–Kier alpha value is -1.42. The third-order valence-electron chi connectivity index (χ3n) is 1.40. The molecule has 13 heavy (non-hydrogen) atoms. The lowest BCUT2D eigenvalue weighted by Crippen LogP contribution is -1.83. The average Bonchev–Trinajstić information content (AvgIpc) is 2.62. The molecule has 1 aromatic heterocycles. The van der Waals surface area contributed by atoms with E-state index in [2.05, 4.69) is 10.5 Å². The Kier molecular flexibility index (Phi) is 2.23. The summed E-state index contributed by atoms with van der Waals surface area (Å²) < 4.78 is 17.8. The Bertz CT molecular complexity index is 371. The van der Waals surface area contributed by atoms with Crippen LogP contribution >= 0.6 is 11.3 Å². The maximum absolute atomic E-state index is 12.5. The number of aromatic nitrogens is 1. The smallest absolute Gasteiger partial charge is 0.230 e. The van der Waals surface area contributed by atoms with Crippen LogP contribution in [-0.2, 0) is 0 Å². The molecule has 0 unspecified atom stereocenters. The highest BCUT2D eigenvalue weighted by atomic mass is 32.1. The molecule has 0 spiro atoms. The van der Waals surface area contributed by atoms with E-state index in [1.807, 2.05) is 0 Å². The molecule has 65 valence electrons. The standard InChI is InChI=1S/C9H5FNOS/c10-7-1-3-8(4-2-7)12-9-5-13-6-11-9/h1-5H. The van der Waals surface area contributed by atoms with Crippen molar-refractivity contribution in [1.29, 1.82) is 0 Å². The van der Waals surface area contributed by atoms with Crippen LogP contribution in [0.15, 0.2) is 29.6 Å². The Balaban J connectivity index is 2.15. The predicted octanol–water partition coefficient (Wildman–Crippen LogP) is 2.87. The van der Waals surface area contributed by atoms with Crippen LogP contribution in [0.2, 0.25) is 0 Å². The molecule has 0 aliphatic carbocycles. The molecule has 1 aromatic carbocycles. The first-order chi connectivity index (χ1) is 6.34. The lowest BCUT2D eigenvalue weighted by molar-refractivity contribution is 0.464. The summed E-state index contributed by atoms with van der Waals surface area (Å²) in [5, 5.41) is 1.73. The van der Waals surface area contributed by atoms with E-state index >= 15 is 0 Å². The summed E-state index contributed by atoms with van der Waals surface area (Å²) in [4.78, 5) is 3.81. The average molecular weight is 194 g/mol. The van der Waals surface area contributed by atoms with E-state index in [9.17, 15) is 4.39 Å². The van der Waals surface area contributed by atoms with Gasteiger partial charge >= 0.3 is 0 Å². The van der Waals surface area contributed by atoms with Gasteiger partial charge in [0.1, 0.15) is 11.6 Å². The quantitative estimate of drug-likeness (QED) is 0.733. The van der Waals surface area contributed by atoms with Crippen molar-refractivity contribution < 1.29 is 9.13 Å². The molecule has 2 nitrogen and oxygen atoms in total. The molecule has 1 radical (unpaired) electrons. The zero-order valence-electron chi connectivity index (χ0n) is 6.53. The highest BCUT2D eigenvalue weighted by molar-refractivity contribution is 7.07. The van der Waals surface area contributed by atoms with Gasteiger partial charge in [0.25, 0.3) is 0 Å². The molecule has 0 saturated heterocycles. The first kappa shape index (κ1) is 8.19. The maximum Gasteiger partial charge on any atom is 0.230 e. The minimum absolute atomic E-state index is 0.280. The van der Waals surface area contributed by atoms with Crippen LogP contribution < -0.4 is 4.74 Å². The Morgan fingerprint density at radius 2 is 2.08 bits per heavy atom. The van der Waals surface area contributed by atoms with Gasteiger partial charge in [0.2, 0.25) is 5.88 Å². The van der Waals surface area contributed by atoms with Crippen LogP contribution in [0.4, 0.5) is 4.39 Å². The van der Waals surface area contributed by atoms with Crippen molar-refractivity contribution in [3.63, 3.8) is 0 Å². The predicted molar refractivity (Wildman–Crippen MR) is 47.4 cm³/mol. The highest BCUT2D eigenvalue weighted by Gasteiger charge is 1.98. The summed E-state index contributed by atoms with van der Waals surface area (Å²) in [6, 6.07) is 5.78. The number of ether oxygens (including phenoxy) is 1. The number of thiazole rings is 1. The second kappa shape index (κ2) is 3.53. The van der Waals surface area contributed by atoms with Crippen molar-refractivity contribution in [1.82, 2.24) is 4.98 Å². The summed E-state index contributed by atoms with van der Waals surface area (Å²) in [5.41, 5.74) is 2.65. The van der Waals surface area contributed by atoms with Crippen molar-refractivity contribution in [3.8, 4) is 11.6 Å². The molecular formula is C9H5FNOS. The first-order valence-electron chi connectivity index (χ1n) is 3.59. The second-order valence-electron chi connectivity index (χ2n) is 2.33. The van der Waals surface area contributed by atoms with Crippen molar-refractivity contribution in [2.45, 2.75) is 0 Å². The SMILES string of the molecule is Fc1ccc(Oc2cs[c]n2)cc1. The van der Waals surface area contributed by atoms with Gasteiger partial charge in [-0.05, 0) is 24.3 Å². The van der Waals surface area contributed by atoms with E-state index in [1.165, 1.54) is 23.5 Å². The van der Waals surface area contributed by atoms with Crippen LogP contribution in [0.1, 0.15) is 0 Å². The van der Waals surface area contributed by atoms with E-state index in [1.54, 1.807) is 17.5 Å². The fourth-order valence-electron chi connectivity index (χ4n) is 0.845. The number of nitrogens with zero attached hydrogens (tertiary/aromatic N) is 1. The van der Waals surface area contributed by atoms with Gasteiger partial charge in [-0.15, -0.1) is 11.3 Å². The van der Waals surface area contributed by atoms with Gasteiger partial charge in [0, 0.05) is 0 Å². The molecule has 0 N–H and O–H groups in total. The van der Waals surface area contributed by atoms with Gasteiger partial charge < -0.3 is 4.74 Å². The van der Waals surface area contributed by atoms with E-state index in [0.29, 0.717) is 11.6 Å². The van der Waals surface area contributed by atoms with Crippen molar-refractivity contribution in [2.75, 3.05) is 0 Å². The maximum atomic E-state index is 12.5. The number of hydrogen-bond acceptors (Lipinski definition) is 3. The Labute approximate surface area is 78.6 Å². The summed E-state index contributed by atoms with van der Waals surface area (Å²) >= 11 is 1.33. The van der Waals surface area contributed by atoms with Crippen LogP contribution in [0.5, 0.6) is 11.6 Å². The number of rotatable bonds is 2. The summed E-state index contributed by atoms with van der Waals surface area (Å²) in [7, 11) is 0. The molecule has 1 heterocycles.